The molecule has 5 aliphatic rings. The number of hydrogen-bond donors (Lipinski definition) is 2. The van der Waals surface area contributed by atoms with Crippen molar-refractivity contribution in [2.75, 3.05) is 61.5 Å². The molecule has 0 unspecified atom stereocenters. The number of aliphatic imine (C=N–C) groups is 1. The molecule has 2 aromatic carbocycles. The molecule has 330 valence electrons. The van der Waals surface area contributed by atoms with Gasteiger partial charge in [0.05, 0.1) is 47.4 Å². The first-order valence-electron chi connectivity index (χ1n) is 21.4. The largest absolute Gasteiger partial charge is 0.477 e. The smallest absolute Gasteiger partial charge is 0.280 e. The third kappa shape index (κ3) is 8.11. The van der Waals surface area contributed by atoms with E-state index in [-0.39, 0.29) is 42.8 Å². The number of guanidine groups is 1. The number of benzene rings is 2. The third-order valence-electron chi connectivity index (χ3n) is 12.9. The minimum atomic E-state index is -1.34. The molecule has 3 saturated heterocycles. The summed E-state index contributed by atoms with van der Waals surface area (Å²) >= 11 is 0. The summed E-state index contributed by atoms with van der Waals surface area (Å²) in [6.45, 7) is 6.36. The van der Waals surface area contributed by atoms with Gasteiger partial charge in [0.25, 0.3) is 11.8 Å². The van der Waals surface area contributed by atoms with Crippen LogP contribution in [-0.4, -0.2) is 119 Å². The number of halogens is 3. The second-order valence-electron chi connectivity index (χ2n) is 17.3. The predicted octanol–water partition coefficient (Wildman–Crippen LogP) is 5.20. The summed E-state index contributed by atoms with van der Waals surface area (Å²) in [5.41, 5.74) is 3.94. The maximum absolute atomic E-state index is 16.1. The summed E-state index contributed by atoms with van der Waals surface area (Å²) < 4.78 is 54.3. The van der Waals surface area contributed by atoms with Crippen LogP contribution >= 0.6 is 0 Å². The van der Waals surface area contributed by atoms with E-state index >= 15 is 13.2 Å². The van der Waals surface area contributed by atoms with E-state index in [2.05, 4.69) is 32.6 Å². The van der Waals surface area contributed by atoms with Crippen LogP contribution in [0.1, 0.15) is 76.9 Å². The lowest BCUT2D eigenvalue weighted by atomic mass is 9.89. The van der Waals surface area contributed by atoms with E-state index < -0.39 is 47.5 Å². The number of piperidine rings is 2. The highest BCUT2D eigenvalue weighted by Gasteiger charge is 2.41. The van der Waals surface area contributed by atoms with E-state index in [9.17, 15) is 19.2 Å². The molecule has 4 atom stereocenters. The molecular weight excluding hydrogens is 818 g/mol. The molecule has 0 aliphatic carbocycles. The van der Waals surface area contributed by atoms with Gasteiger partial charge in [-0.1, -0.05) is 6.92 Å². The maximum atomic E-state index is 16.1. The molecule has 9 rings (SSSR count). The highest BCUT2D eigenvalue weighted by atomic mass is 19.1. The molecule has 0 saturated carbocycles. The standard InChI is InChI=1S/C45H49F3N10O5/c1-24-6-5-13-63-44-31(19-49-55(44)4)36-15-27(14-25(2)50-36)41(60)53-45-51-35-9-7-26(16-38(35)58(45)20-24)43(62)54(3)37-11-12-56(23-34(37)48)29-21-57(22-29)28-17-32(46)40(33(47)18-28)30-8-10-39(59)52-42(30)61/h7,9,14-19,24,29-30,34,37H,5-6,8,10-13,20-23H2,1-4H3,(H,51,53,60)(H,52,59,61)/t24-,30-,34+,37-/m1/s1. The number of hydrogen-bond acceptors (Lipinski definition) is 11. The van der Waals surface area contributed by atoms with Crippen LogP contribution in [0.15, 0.2) is 53.7 Å². The van der Waals surface area contributed by atoms with Gasteiger partial charge in [0.15, 0.2) is 0 Å². The summed E-state index contributed by atoms with van der Waals surface area (Å²) in [5.74, 6) is -3.70. The maximum Gasteiger partial charge on any atom is 0.280 e. The number of carbonyl (C=O) groups excluding carboxylic acids is 4. The fourth-order valence-corrected chi connectivity index (χ4v) is 9.43. The number of ether oxygens (including phenoxy) is 1. The van der Waals surface area contributed by atoms with Gasteiger partial charge in [-0.05, 0) is 81.0 Å². The molecule has 4 amide bonds. The lowest BCUT2D eigenvalue weighted by Gasteiger charge is -2.50. The van der Waals surface area contributed by atoms with Crippen LogP contribution in [0.4, 0.5) is 30.2 Å². The van der Waals surface area contributed by atoms with Crippen LogP contribution in [0, 0.1) is 24.5 Å². The van der Waals surface area contributed by atoms with E-state index in [1.54, 1.807) is 60.2 Å². The number of alkyl halides is 1. The molecule has 3 fully saturated rings. The van der Waals surface area contributed by atoms with Crippen molar-refractivity contribution in [3.05, 3.63) is 82.7 Å². The normalized spacial score (nSPS) is 24.0. The Kier molecular flexibility index (Phi) is 11.2. The minimum Gasteiger partial charge on any atom is -0.477 e. The molecule has 0 spiro atoms. The Hall–Kier alpha value is -6.30. The Morgan fingerprint density at radius 3 is 2.49 bits per heavy atom. The Morgan fingerprint density at radius 1 is 0.968 bits per heavy atom. The van der Waals surface area contributed by atoms with Crippen molar-refractivity contribution in [2.24, 2.45) is 18.0 Å². The van der Waals surface area contributed by atoms with Crippen LogP contribution < -0.4 is 25.2 Å². The molecule has 18 heteroatoms. The van der Waals surface area contributed by atoms with E-state index in [0.717, 1.165) is 12.8 Å². The van der Waals surface area contributed by atoms with Gasteiger partial charge in [0, 0.05) is 87.4 Å². The van der Waals surface area contributed by atoms with E-state index in [4.69, 9.17) is 4.74 Å². The van der Waals surface area contributed by atoms with Gasteiger partial charge in [0.2, 0.25) is 23.7 Å². The van der Waals surface area contributed by atoms with Crippen molar-refractivity contribution >= 4 is 46.7 Å². The monoisotopic (exact) mass is 866 g/mol. The Labute approximate surface area is 362 Å². The SMILES string of the molecule is Cc1cc2cc(n1)-c1cnn(C)c1OCCC[C@@H](C)CN1/C(=N/C2=O)Nc2ccc(C(=O)N(C)[C@@H]3CCN(C4CN(c5cc(F)c([C@H]6CCC(=O)NC6=O)c(F)c5)C4)C[C@@H]3F)cc21. The Balaban J connectivity index is 0.863. The van der Waals surface area contributed by atoms with Crippen molar-refractivity contribution in [1.82, 2.24) is 29.9 Å². The molecular formula is C45H49F3N10O5. The number of anilines is 3. The van der Waals surface area contributed by atoms with E-state index in [1.165, 1.54) is 17.0 Å². The van der Waals surface area contributed by atoms with Crippen molar-refractivity contribution in [2.45, 2.75) is 70.1 Å². The minimum absolute atomic E-state index is 0.00713. The molecule has 2 bridgehead atoms. The molecule has 15 nitrogen and oxygen atoms in total. The number of pyridine rings is 1. The fraction of sp³-hybridized carbons (Fsp3) is 0.444. The first-order chi connectivity index (χ1) is 30.2. The number of aromatic nitrogens is 3. The van der Waals surface area contributed by atoms with E-state index in [0.29, 0.717) is 96.2 Å². The quantitative estimate of drug-likeness (QED) is 0.254. The van der Waals surface area contributed by atoms with Crippen molar-refractivity contribution in [3.8, 4) is 17.1 Å². The van der Waals surface area contributed by atoms with Crippen LogP contribution in [0.2, 0.25) is 0 Å². The van der Waals surface area contributed by atoms with Crippen LogP contribution in [0.25, 0.3) is 11.3 Å². The summed E-state index contributed by atoms with van der Waals surface area (Å²) in [7, 11) is 3.42. The van der Waals surface area contributed by atoms with Gasteiger partial charge in [-0.25, -0.2) is 17.9 Å². The van der Waals surface area contributed by atoms with Crippen LogP contribution in [0.5, 0.6) is 5.88 Å². The van der Waals surface area contributed by atoms with E-state index in [1.807, 2.05) is 16.7 Å². The Morgan fingerprint density at radius 2 is 1.75 bits per heavy atom. The van der Waals surface area contributed by atoms with Crippen molar-refractivity contribution in [3.63, 3.8) is 0 Å². The molecule has 2 aromatic heterocycles. The number of imide groups is 1. The zero-order chi connectivity index (χ0) is 44.3. The molecule has 2 N–H and O–H groups in total. The second kappa shape index (κ2) is 16.8. The Bertz CT molecular complexity index is 2520. The van der Waals surface area contributed by atoms with Crippen LogP contribution in [0.3, 0.4) is 0 Å². The predicted molar refractivity (Wildman–Crippen MR) is 229 cm³/mol. The number of aryl methyl sites for hydroxylation is 2. The average Bonchev–Trinajstić information content (AvgIpc) is 3.76. The summed E-state index contributed by atoms with van der Waals surface area (Å²) in [6, 6.07) is 10.3. The summed E-state index contributed by atoms with van der Waals surface area (Å²) in [6.07, 6.45) is 2.33. The molecule has 5 aliphatic heterocycles. The van der Waals surface area contributed by atoms with Crippen molar-refractivity contribution in [1.29, 1.82) is 0 Å². The van der Waals surface area contributed by atoms with Gasteiger partial charge in [0.1, 0.15) is 17.8 Å². The number of fused-ring (bicyclic) bond motifs is 7. The first kappa shape index (κ1) is 42.0. The number of likely N-dealkylation sites (tertiary alicyclic amines) is 1. The zero-order valence-corrected chi connectivity index (χ0v) is 35.5. The number of nitrogens with one attached hydrogen (secondary N) is 2. The lowest BCUT2D eigenvalue weighted by Crippen LogP contribution is -2.64. The topological polar surface area (TPSA) is 158 Å². The third-order valence-corrected chi connectivity index (χ3v) is 12.9. The number of nitrogens with zero attached hydrogens (tertiary/aromatic N) is 8. The molecule has 0 radical (unpaired) electrons. The number of amides is 4. The average molecular weight is 867 g/mol. The fourth-order valence-electron chi connectivity index (χ4n) is 9.43. The number of rotatable bonds is 5. The molecule has 63 heavy (non-hydrogen) atoms. The van der Waals surface area contributed by atoms with Gasteiger partial charge >= 0.3 is 0 Å². The van der Waals surface area contributed by atoms with Crippen LogP contribution in [-0.2, 0) is 16.6 Å². The number of carbonyl (C=O) groups is 4. The first-order valence-corrected chi connectivity index (χ1v) is 21.4. The summed E-state index contributed by atoms with van der Waals surface area (Å²) in [4.78, 5) is 68.2. The lowest BCUT2D eigenvalue weighted by molar-refractivity contribution is -0.134. The summed E-state index contributed by atoms with van der Waals surface area (Å²) in [5, 5.41) is 9.82. The van der Waals surface area contributed by atoms with Crippen molar-refractivity contribution < 1.29 is 37.1 Å². The molecule has 4 aromatic rings. The highest BCUT2D eigenvalue weighted by Crippen LogP contribution is 2.38. The second-order valence-corrected chi connectivity index (χ2v) is 17.3. The highest BCUT2D eigenvalue weighted by molar-refractivity contribution is 6.19. The molecule has 7 heterocycles. The van der Waals surface area contributed by atoms with Gasteiger partial charge in [-0.2, -0.15) is 10.1 Å². The van der Waals surface area contributed by atoms with Gasteiger partial charge < -0.3 is 24.8 Å². The zero-order valence-electron chi connectivity index (χ0n) is 35.5. The van der Waals surface area contributed by atoms with Gasteiger partial charge in [-0.15, -0.1) is 0 Å². The van der Waals surface area contributed by atoms with Gasteiger partial charge in [-0.3, -0.25) is 34.4 Å².